The monoisotopic (exact) mass is 269 g/mol. The molecule has 1 N–H and O–H groups in total. The summed E-state index contributed by atoms with van der Waals surface area (Å²) in [7, 11) is 1.41. The van der Waals surface area contributed by atoms with Gasteiger partial charge in [0.05, 0.1) is 7.11 Å². The van der Waals surface area contributed by atoms with Crippen molar-refractivity contribution in [2.45, 2.75) is 18.9 Å². The topological polar surface area (TPSA) is 38.3 Å². The van der Waals surface area contributed by atoms with Crippen molar-refractivity contribution in [2.24, 2.45) is 0 Å². The highest BCUT2D eigenvalue weighted by Crippen LogP contribution is 2.04. The average Bonchev–Trinajstić information content (AvgIpc) is 2.38. The maximum absolute atomic E-state index is 11.6. The molecule has 0 amide bonds. The van der Waals surface area contributed by atoms with E-state index in [1.165, 1.54) is 7.11 Å². The van der Waals surface area contributed by atoms with Crippen molar-refractivity contribution in [3.05, 3.63) is 48.6 Å². The smallest absolute Gasteiger partial charge is 0.323 e. The van der Waals surface area contributed by atoms with Crippen LogP contribution in [-0.4, -0.2) is 25.7 Å². The highest BCUT2D eigenvalue weighted by Gasteiger charge is 2.18. The van der Waals surface area contributed by atoms with E-state index in [9.17, 15) is 4.79 Å². The zero-order valence-electron chi connectivity index (χ0n) is 10.6. The van der Waals surface area contributed by atoms with Gasteiger partial charge in [-0.3, -0.25) is 4.79 Å². The molecule has 0 spiro atoms. The van der Waals surface area contributed by atoms with Crippen LogP contribution < -0.4 is 5.32 Å². The summed E-state index contributed by atoms with van der Waals surface area (Å²) in [6, 6.07) is 9.61. The molecule has 1 aromatic rings. The van der Waals surface area contributed by atoms with Crippen LogP contribution in [0.25, 0.3) is 0 Å². The van der Waals surface area contributed by atoms with Crippen molar-refractivity contribution in [1.29, 1.82) is 0 Å². The third-order valence-corrected chi connectivity index (χ3v) is 2.51. The maximum Gasteiger partial charge on any atom is 0.323 e. The van der Waals surface area contributed by atoms with E-state index in [1.807, 2.05) is 36.4 Å². The van der Waals surface area contributed by atoms with Gasteiger partial charge in [-0.2, -0.15) is 0 Å². The second kappa shape index (κ2) is 9.68. The number of ether oxygens (including phenoxy) is 1. The van der Waals surface area contributed by atoms with Crippen LogP contribution in [0, 0.1) is 0 Å². The highest BCUT2D eigenvalue weighted by molar-refractivity contribution is 5.85. The normalized spacial score (nSPS) is 11.2. The quantitative estimate of drug-likeness (QED) is 0.469. The lowest BCUT2D eigenvalue weighted by Gasteiger charge is -2.16. The summed E-state index contributed by atoms with van der Waals surface area (Å²) in [6.45, 7) is 4.38. The first-order valence-corrected chi connectivity index (χ1v) is 5.74. The van der Waals surface area contributed by atoms with Gasteiger partial charge in [0, 0.05) is 0 Å². The standard InChI is InChI=1S/C14H19NO2.ClH/c1-3-4-10-15-13(14(16)17-2)11-12-8-6-5-7-9-12;/h3,5-9,13,15H,1,4,10-11H2,2H3;1H/t13-;/m0./s1. The third-order valence-electron chi connectivity index (χ3n) is 2.51. The largest absolute Gasteiger partial charge is 0.468 e. The number of benzene rings is 1. The van der Waals surface area contributed by atoms with Crippen LogP contribution in [0.5, 0.6) is 0 Å². The molecule has 0 heterocycles. The third kappa shape index (κ3) is 5.84. The molecule has 1 atom stereocenters. The van der Waals surface area contributed by atoms with Gasteiger partial charge >= 0.3 is 5.97 Å². The van der Waals surface area contributed by atoms with Gasteiger partial charge in [0.2, 0.25) is 0 Å². The number of carbonyl (C=O) groups is 1. The fraction of sp³-hybridized carbons (Fsp3) is 0.357. The van der Waals surface area contributed by atoms with Crippen LogP contribution in [0.2, 0.25) is 0 Å². The van der Waals surface area contributed by atoms with Crippen molar-refractivity contribution in [2.75, 3.05) is 13.7 Å². The Morgan fingerprint density at radius 3 is 2.67 bits per heavy atom. The lowest BCUT2D eigenvalue weighted by Crippen LogP contribution is -2.39. The van der Waals surface area contributed by atoms with Crippen LogP contribution in [0.3, 0.4) is 0 Å². The zero-order valence-corrected chi connectivity index (χ0v) is 11.4. The van der Waals surface area contributed by atoms with Gasteiger partial charge in [-0.1, -0.05) is 36.4 Å². The number of halogens is 1. The van der Waals surface area contributed by atoms with E-state index in [0.717, 1.165) is 18.5 Å². The number of hydrogen-bond donors (Lipinski definition) is 1. The molecule has 4 heteroatoms. The molecule has 0 unspecified atom stereocenters. The predicted molar refractivity (Wildman–Crippen MR) is 76.0 cm³/mol. The molecule has 0 fully saturated rings. The second-order valence-electron chi connectivity index (χ2n) is 3.80. The van der Waals surface area contributed by atoms with Gasteiger partial charge in [0.15, 0.2) is 0 Å². The first kappa shape index (κ1) is 16.7. The van der Waals surface area contributed by atoms with Crippen molar-refractivity contribution in [3.63, 3.8) is 0 Å². The van der Waals surface area contributed by atoms with E-state index in [-0.39, 0.29) is 24.4 Å². The molecule has 0 radical (unpaired) electrons. The van der Waals surface area contributed by atoms with Gasteiger partial charge in [-0.05, 0) is 24.9 Å². The second-order valence-corrected chi connectivity index (χ2v) is 3.80. The molecule has 3 nitrogen and oxygen atoms in total. The Morgan fingerprint density at radius 1 is 1.44 bits per heavy atom. The molecular weight excluding hydrogens is 250 g/mol. The van der Waals surface area contributed by atoms with Crippen LogP contribution in [-0.2, 0) is 16.0 Å². The van der Waals surface area contributed by atoms with Crippen molar-refractivity contribution in [3.8, 4) is 0 Å². The van der Waals surface area contributed by atoms with E-state index in [4.69, 9.17) is 4.74 Å². The number of hydrogen-bond acceptors (Lipinski definition) is 3. The van der Waals surface area contributed by atoms with Crippen LogP contribution in [0.15, 0.2) is 43.0 Å². The summed E-state index contributed by atoms with van der Waals surface area (Å²) in [5.41, 5.74) is 1.12. The summed E-state index contributed by atoms with van der Waals surface area (Å²) in [4.78, 5) is 11.6. The van der Waals surface area contributed by atoms with Gasteiger partial charge in [0.1, 0.15) is 6.04 Å². The lowest BCUT2D eigenvalue weighted by atomic mass is 10.1. The molecule has 1 aromatic carbocycles. The summed E-state index contributed by atoms with van der Waals surface area (Å²) < 4.78 is 4.79. The van der Waals surface area contributed by atoms with E-state index < -0.39 is 0 Å². The van der Waals surface area contributed by atoms with Crippen LogP contribution in [0.1, 0.15) is 12.0 Å². The SMILES string of the molecule is C=CCCN[C@@H](Cc1ccccc1)C(=O)OC.Cl. The Bertz CT molecular complexity index is 354. The minimum atomic E-state index is -0.289. The molecule has 100 valence electrons. The molecular formula is C14H20ClNO2. The fourth-order valence-electron chi connectivity index (χ4n) is 1.59. The van der Waals surface area contributed by atoms with Crippen molar-refractivity contribution >= 4 is 18.4 Å². The van der Waals surface area contributed by atoms with Crippen molar-refractivity contribution in [1.82, 2.24) is 5.32 Å². The molecule has 0 bridgehead atoms. The number of rotatable bonds is 7. The molecule has 0 aliphatic carbocycles. The van der Waals surface area contributed by atoms with Gasteiger partial charge in [-0.15, -0.1) is 19.0 Å². The minimum Gasteiger partial charge on any atom is -0.468 e. The summed E-state index contributed by atoms with van der Waals surface area (Å²) in [5, 5.41) is 3.17. The number of nitrogens with one attached hydrogen (secondary N) is 1. The molecule has 0 aliphatic heterocycles. The van der Waals surface area contributed by atoms with Crippen LogP contribution in [0.4, 0.5) is 0 Å². The molecule has 18 heavy (non-hydrogen) atoms. The van der Waals surface area contributed by atoms with Gasteiger partial charge < -0.3 is 10.1 Å². The fourth-order valence-corrected chi connectivity index (χ4v) is 1.59. The Kier molecular flexibility index (Phi) is 8.97. The Morgan fingerprint density at radius 2 is 2.11 bits per heavy atom. The van der Waals surface area contributed by atoms with E-state index in [2.05, 4.69) is 11.9 Å². The highest BCUT2D eigenvalue weighted by atomic mass is 35.5. The zero-order chi connectivity index (χ0) is 12.5. The van der Waals surface area contributed by atoms with Gasteiger partial charge in [-0.25, -0.2) is 0 Å². The summed E-state index contributed by atoms with van der Waals surface area (Å²) in [6.07, 6.45) is 3.30. The molecule has 0 aromatic heterocycles. The van der Waals surface area contributed by atoms with E-state index in [0.29, 0.717) is 6.42 Å². The number of esters is 1. The Hall–Kier alpha value is -1.32. The number of methoxy groups -OCH3 is 1. The maximum atomic E-state index is 11.6. The predicted octanol–water partition coefficient (Wildman–Crippen LogP) is 2.36. The summed E-state index contributed by atoms with van der Waals surface area (Å²) in [5.74, 6) is -0.224. The Labute approximate surface area is 115 Å². The average molecular weight is 270 g/mol. The Balaban J connectivity index is 0.00000289. The van der Waals surface area contributed by atoms with Crippen LogP contribution >= 0.6 is 12.4 Å². The molecule has 1 rings (SSSR count). The first-order chi connectivity index (χ1) is 8.27. The minimum absolute atomic E-state index is 0. The summed E-state index contributed by atoms with van der Waals surface area (Å²) >= 11 is 0. The van der Waals surface area contributed by atoms with E-state index >= 15 is 0 Å². The molecule has 0 saturated carbocycles. The first-order valence-electron chi connectivity index (χ1n) is 5.74. The number of carbonyl (C=O) groups excluding carboxylic acids is 1. The van der Waals surface area contributed by atoms with E-state index in [1.54, 1.807) is 0 Å². The molecule has 0 aliphatic rings. The van der Waals surface area contributed by atoms with Gasteiger partial charge in [0.25, 0.3) is 0 Å². The lowest BCUT2D eigenvalue weighted by molar-refractivity contribution is -0.143. The molecule has 0 saturated heterocycles. The van der Waals surface area contributed by atoms with Crippen molar-refractivity contribution < 1.29 is 9.53 Å².